The molecule has 13 heavy (non-hydrogen) atoms. The second-order valence-electron chi connectivity index (χ2n) is 3.55. The van der Waals surface area contributed by atoms with Crippen molar-refractivity contribution in [1.82, 2.24) is 0 Å². The predicted molar refractivity (Wildman–Crippen MR) is 53.4 cm³/mol. The molecule has 0 saturated heterocycles. The summed E-state index contributed by atoms with van der Waals surface area (Å²) < 4.78 is 0. The van der Waals surface area contributed by atoms with Crippen molar-refractivity contribution in [3.8, 4) is 5.75 Å². The first kappa shape index (κ1) is 9.81. The lowest BCUT2D eigenvalue weighted by Crippen LogP contribution is -2.13. The predicted octanol–water partition coefficient (Wildman–Crippen LogP) is 2.18. The van der Waals surface area contributed by atoms with Crippen molar-refractivity contribution in [3.63, 3.8) is 0 Å². The van der Waals surface area contributed by atoms with E-state index in [1.165, 1.54) is 0 Å². The molecular weight excluding hydrogens is 164 g/mol. The maximum Gasteiger partial charge on any atom is 0.122 e. The van der Waals surface area contributed by atoms with Gasteiger partial charge in [-0.3, -0.25) is 0 Å². The van der Waals surface area contributed by atoms with Gasteiger partial charge in [0.2, 0.25) is 0 Å². The average molecular weight is 178 g/mol. The lowest BCUT2D eigenvalue weighted by Gasteiger charge is -2.10. The number of rotatable bonds is 2. The maximum absolute atomic E-state index is 9.40. The van der Waals surface area contributed by atoms with Gasteiger partial charge in [-0.15, -0.1) is 0 Å². The molecule has 2 heteroatoms. The second kappa shape index (κ2) is 3.62. The van der Waals surface area contributed by atoms with Crippen molar-refractivity contribution in [2.45, 2.75) is 19.4 Å². The highest BCUT2D eigenvalue weighted by atomic mass is 16.3. The average Bonchev–Trinajstić information content (AvgIpc) is 2.01. The van der Waals surface area contributed by atoms with Crippen LogP contribution in [0.4, 0.5) is 0 Å². The fourth-order valence-corrected chi connectivity index (χ4v) is 0.922. The Balaban J connectivity index is 2.86. The quantitative estimate of drug-likeness (QED) is 0.728. The SMILES string of the molecule is CC(C)(O)C=Cc1ccccc1O. The molecule has 0 aromatic heterocycles. The first-order chi connectivity index (χ1) is 5.99. The molecule has 0 fully saturated rings. The zero-order valence-electron chi connectivity index (χ0n) is 7.86. The van der Waals surface area contributed by atoms with Crippen LogP contribution in [-0.2, 0) is 0 Å². The Kier molecular flexibility index (Phi) is 2.73. The van der Waals surface area contributed by atoms with Crippen LogP contribution in [0.25, 0.3) is 6.08 Å². The van der Waals surface area contributed by atoms with Gasteiger partial charge in [0.15, 0.2) is 0 Å². The molecule has 1 aromatic rings. The summed E-state index contributed by atoms with van der Waals surface area (Å²) >= 11 is 0. The standard InChI is InChI=1S/C11H14O2/c1-11(2,13)8-7-9-5-3-4-6-10(9)12/h3-8,12-13H,1-2H3. The van der Waals surface area contributed by atoms with Gasteiger partial charge in [-0.25, -0.2) is 0 Å². The summed E-state index contributed by atoms with van der Waals surface area (Å²) in [5.41, 5.74) is -0.132. The highest BCUT2D eigenvalue weighted by molar-refractivity contribution is 5.57. The van der Waals surface area contributed by atoms with Gasteiger partial charge in [0.25, 0.3) is 0 Å². The van der Waals surface area contributed by atoms with E-state index in [4.69, 9.17) is 0 Å². The van der Waals surface area contributed by atoms with Crippen LogP contribution in [0.5, 0.6) is 5.75 Å². The van der Waals surface area contributed by atoms with Crippen molar-refractivity contribution in [2.75, 3.05) is 0 Å². The Hall–Kier alpha value is -1.28. The Morgan fingerprint density at radius 3 is 2.38 bits per heavy atom. The van der Waals surface area contributed by atoms with Gasteiger partial charge in [-0.05, 0) is 19.9 Å². The lowest BCUT2D eigenvalue weighted by molar-refractivity contribution is 0.134. The van der Waals surface area contributed by atoms with Crippen LogP contribution in [0.2, 0.25) is 0 Å². The van der Waals surface area contributed by atoms with Crippen LogP contribution in [0.1, 0.15) is 19.4 Å². The Bertz CT molecular complexity index is 308. The van der Waals surface area contributed by atoms with Crippen LogP contribution in [-0.4, -0.2) is 15.8 Å². The van der Waals surface area contributed by atoms with E-state index < -0.39 is 5.60 Å². The summed E-state index contributed by atoms with van der Waals surface area (Å²) in [4.78, 5) is 0. The minimum atomic E-state index is -0.845. The molecule has 0 aliphatic heterocycles. The first-order valence-corrected chi connectivity index (χ1v) is 4.19. The van der Waals surface area contributed by atoms with Crippen LogP contribution >= 0.6 is 0 Å². The highest BCUT2D eigenvalue weighted by Gasteiger charge is 2.06. The van der Waals surface area contributed by atoms with E-state index in [0.717, 1.165) is 0 Å². The molecule has 0 aliphatic rings. The van der Waals surface area contributed by atoms with Crippen molar-refractivity contribution in [3.05, 3.63) is 35.9 Å². The zero-order valence-corrected chi connectivity index (χ0v) is 7.86. The van der Waals surface area contributed by atoms with E-state index in [9.17, 15) is 10.2 Å². The third-order valence-electron chi connectivity index (χ3n) is 1.61. The van der Waals surface area contributed by atoms with Gasteiger partial charge in [0, 0.05) is 5.56 Å². The topological polar surface area (TPSA) is 40.5 Å². The van der Waals surface area contributed by atoms with Crippen LogP contribution < -0.4 is 0 Å². The van der Waals surface area contributed by atoms with E-state index in [2.05, 4.69) is 0 Å². The first-order valence-electron chi connectivity index (χ1n) is 4.19. The highest BCUT2D eigenvalue weighted by Crippen LogP contribution is 2.18. The number of aromatic hydroxyl groups is 1. The molecule has 1 rings (SSSR count). The van der Waals surface area contributed by atoms with Crippen molar-refractivity contribution in [1.29, 1.82) is 0 Å². The molecule has 2 N–H and O–H groups in total. The van der Waals surface area contributed by atoms with Gasteiger partial charge in [0.1, 0.15) is 5.75 Å². The van der Waals surface area contributed by atoms with Crippen LogP contribution in [0.15, 0.2) is 30.3 Å². The summed E-state index contributed by atoms with van der Waals surface area (Å²) in [7, 11) is 0. The Morgan fingerprint density at radius 1 is 1.23 bits per heavy atom. The van der Waals surface area contributed by atoms with Gasteiger partial charge >= 0.3 is 0 Å². The van der Waals surface area contributed by atoms with Gasteiger partial charge in [0.05, 0.1) is 5.60 Å². The molecule has 0 saturated carbocycles. The number of aliphatic hydroxyl groups is 1. The summed E-state index contributed by atoms with van der Waals surface area (Å²) in [6, 6.07) is 7.00. The molecule has 2 nitrogen and oxygen atoms in total. The fraction of sp³-hybridized carbons (Fsp3) is 0.273. The van der Waals surface area contributed by atoms with Crippen LogP contribution in [0, 0.1) is 0 Å². The number of phenols is 1. The molecule has 70 valence electrons. The fourth-order valence-electron chi connectivity index (χ4n) is 0.922. The molecular formula is C11H14O2. The number of benzene rings is 1. The summed E-state index contributed by atoms with van der Waals surface area (Å²) in [5.74, 6) is 0.225. The summed E-state index contributed by atoms with van der Waals surface area (Å²) in [6.07, 6.45) is 3.34. The van der Waals surface area contributed by atoms with Crippen LogP contribution in [0.3, 0.4) is 0 Å². The second-order valence-corrected chi connectivity index (χ2v) is 3.55. The van der Waals surface area contributed by atoms with Crippen molar-refractivity contribution >= 4 is 6.08 Å². The lowest BCUT2D eigenvalue weighted by atomic mass is 10.1. The molecule has 0 atom stereocenters. The molecule has 0 amide bonds. The third kappa shape index (κ3) is 3.30. The molecule has 0 heterocycles. The minimum absolute atomic E-state index is 0.225. The molecule has 0 unspecified atom stereocenters. The zero-order chi connectivity index (χ0) is 9.90. The molecule has 0 bridgehead atoms. The van der Waals surface area contributed by atoms with Gasteiger partial charge in [-0.1, -0.05) is 30.4 Å². The van der Waals surface area contributed by atoms with E-state index in [-0.39, 0.29) is 5.75 Å². The molecule has 0 radical (unpaired) electrons. The normalized spacial score (nSPS) is 12.2. The smallest absolute Gasteiger partial charge is 0.122 e. The summed E-state index contributed by atoms with van der Waals surface area (Å²) in [5, 5.41) is 18.8. The summed E-state index contributed by atoms with van der Waals surface area (Å²) in [6.45, 7) is 3.37. The minimum Gasteiger partial charge on any atom is -0.507 e. The van der Waals surface area contributed by atoms with E-state index in [1.54, 1.807) is 44.2 Å². The number of hydrogen-bond donors (Lipinski definition) is 2. The number of hydrogen-bond acceptors (Lipinski definition) is 2. The third-order valence-corrected chi connectivity index (χ3v) is 1.61. The van der Waals surface area contributed by atoms with E-state index in [0.29, 0.717) is 5.56 Å². The number of phenolic OH excluding ortho intramolecular Hbond substituents is 1. The number of para-hydroxylation sites is 1. The molecule has 0 aliphatic carbocycles. The van der Waals surface area contributed by atoms with Crippen molar-refractivity contribution in [2.24, 2.45) is 0 Å². The Labute approximate surface area is 78.2 Å². The molecule has 0 spiro atoms. The largest absolute Gasteiger partial charge is 0.507 e. The van der Waals surface area contributed by atoms with Crippen molar-refractivity contribution < 1.29 is 10.2 Å². The maximum atomic E-state index is 9.40. The van der Waals surface area contributed by atoms with Gasteiger partial charge < -0.3 is 10.2 Å². The van der Waals surface area contributed by atoms with Gasteiger partial charge in [-0.2, -0.15) is 0 Å². The monoisotopic (exact) mass is 178 g/mol. The van der Waals surface area contributed by atoms with E-state index in [1.807, 2.05) is 6.07 Å². The molecule has 1 aromatic carbocycles. The Morgan fingerprint density at radius 2 is 1.85 bits per heavy atom. The van der Waals surface area contributed by atoms with E-state index >= 15 is 0 Å².